The smallest absolute Gasteiger partial charge is 0.0642 e. The number of allylic oxidation sites excluding steroid dienone is 2. The first-order valence-electron chi connectivity index (χ1n) is 10.0. The summed E-state index contributed by atoms with van der Waals surface area (Å²) in [5, 5.41) is 9.67. The highest BCUT2D eigenvalue weighted by Gasteiger charge is 2.25. The molecule has 0 amide bonds. The van der Waals surface area contributed by atoms with Crippen LogP contribution < -0.4 is 0 Å². The van der Waals surface area contributed by atoms with Crippen LogP contribution in [0, 0.1) is 0 Å². The first-order valence-corrected chi connectivity index (χ1v) is 10.8. The van der Waals surface area contributed by atoms with E-state index in [0.717, 1.165) is 44.7 Å². The molecule has 2 aromatic carbocycles. The Kier molecular flexibility index (Phi) is 7.00. The summed E-state index contributed by atoms with van der Waals surface area (Å²) in [4.78, 5) is 2.41. The van der Waals surface area contributed by atoms with E-state index in [0.29, 0.717) is 10.0 Å². The van der Waals surface area contributed by atoms with Gasteiger partial charge in [0.25, 0.3) is 0 Å². The van der Waals surface area contributed by atoms with Crippen LogP contribution in [-0.4, -0.2) is 43.6 Å². The van der Waals surface area contributed by atoms with Crippen molar-refractivity contribution in [3.8, 4) is 0 Å². The van der Waals surface area contributed by atoms with Crippen molar-refractivity contribution in [2.45, 2.75) is 12.8 Å². The summed E-state index contributed by atoms with van der Waals surface area (Å²) in [5.41, 5.74) is 5.82. The van der Waals surface area contributed by atoms with Crippen molar-refractivity contribution in [1.29, 1.82) is 0 Å². The summed E-state index contributed by atoms with van der Waals surface area (Å²) in [7, 11) is 0. The van der Waals surface area contributed by atoms with Crippen molar-refractivity contribution in [2.24, 2.45) is 10.2 Å². The number of hydrogen-bond acceptors (Lipinski definition) is 4. The fraction of sp³-hybridized carbons (Fsp3) is 0.250. The summed E-state index contributed by atoms with van der Waals surface area (Å²) >= 11 is 12.1. The van der Waals surface area contributed by atoms with Crippen molar-refractivity contribution in [1.82, 2.24) is 4.90 Å². The Bertz CT molecular complexity index is 1010. The molecule has 30 heavy (non-hydrogen) atoms. The van der Waals surface area contributed by atoms with Crippen LogP contribution in [0.5, 0.6) is 0 Å². The van der Waals surface area contributed by atoms with Gasteiger partial charge in [0.2, 0.25) is 0 Å². The zero-order valence-corrected chi connectivity index (χ0v) is 18.1. The van der Waals surface area contributed by atoms with E-state index < -0.39 is 0 Å². The van der Waals surface area contributed by atoms with Gasteiger partial charge in [-0.3, -0.25) is 0 Å². The summed E-state index contributed by atoms with van der Waals surface area (Å²) in [6.07, 6.45) is 7.75. The molecule has 0 saturated carbocycles. The Morgan fingerprint density at radius 1 is 0.900 bits per heavy atom. The van der Waals surface area contributed by atoms with Crippen LogP contribution >= 0.6 is 23.2 Å². The fourth-order valence-corrected chi connectivity index (χ4v) is 4.18. The quantitative estimate of drug-likeness (QED) is 0.431. The molecule has 1 heterocycles. The Morgan fingerprint density at radius 2 is 1.67 bits per heavy atom. The van der Waals surface area contributed by atoms with Gasteiger partial charge in [-0.15, -0.1) is 0 Å². The van der Waals surface area contributed by atoms with Crippen molar-refractivity contribution in [3.05, 3.63) is 86.5 Å². The highest BCUT2D eigenvalue weighted by atomic mass is 35.5. The number of nitrogens with zero attached hydrogens (tertiary/aromatic N) is 3. The van der Waals surface area contributed by atoms with Crippen LogP contribution in [0.15, 0.2) is 75.6 Å². The number of ether oxygens (including phenoxy) is 1. The van der Waals surface area contributed by atoms with Crippen molar-refractivity contribution in [3.63, 3.8) is 0 Å². The monoisotopic (exact) mass is 439 g/mol. The Labute approximate surface area is 187 Å². The molecule has 0 radical (unpaired) electrons. The largest absolute Gasteiger partial charge is 0.378 e. The number of hydrogen-bond donors (Lipinski definition) is 0. The normalized spacial score (nSPS) is 19.0. The van der Waals surface area contributed by atoms with Gasteiger partial charge < -0.3 is 9.64 Å². The summed E-state index contributed by atoms with van der Waals surface area (Å²) < 4.78 is 5.55. The molecule has 0 atom stereocenters. The Balaban J connectivity index is 1.59. The van der Waals surface area contributed by atoms with Gasteiger partial charge in [0.15, 0.2) is 0 Å². The maximum Gasteiger partial charge on any atom is 0.0642 e. The average molecular weight is 440 g/mol. The van der Waals surface area contributed by atoms with Gasteiger partial charge in [-0.2, -0.15) is 10.2 Å². The van der Waals surface area contributed by atoms with Crippen molar-refractivity contribution < 1.29 is 4.74 Å². The molecular weight excluding hydrogens is 417 g/mol. The van der Waals surface area contributed by atoms with Crippen LogP contribution in [0.3, 0.4) is 0 Å². The predicted molar refractivity (Wildman–Crippen MR) is 126 cm³/mol. The summed E-state index contributed by atoms with van der Waals surface area (Å²) in [6.45, 7) is 3.28. The molecular formula is C24H23Cl2N3O. The van der Waals surface area contributed by atoms with E-state index in [2.05, 4.69) is 45.4 Å². The second-order valence-corrected chi connectivity index (χ2v) is 8.05. The lowest BCUT2D eigenvalue weighted by atomic mass is 10.1. The molecule has 1 aliphatic carbocycles. The second-order valence-electron chi connectivity index (χ2n) is 7.21. The van der Waals surface area contributed by atoms with Crippen molar-refractivity contribution in [2.75, 3.05) is 26.3 Å². The fourth-order valence-electron chi connectivity index (χ4n) is 3.73. The van der Waals surface area contributed by atoms with E-state index in [9.17, 15) is 0 Å². The lowest BCUT2D eigenvalue weighted by Gasteiger charge is -2.31. The maximum atomic E-state index is 6.19. The third-order valence-electron chi connectivity index (χ3n) is 5.18. The molecule has 4 nitrogen and oxygen atoms in total. The third-order valence-corrected chi connectivity index (χ3v) is 5.74. The lowest BCUT2D eigenvalue weighted by molar-refractivity contribution is 0.0548. The topological polar surface area (TPSA) is 37.2 Å². The minimum atomic E-state index is 0.559. The predicted octanol–water partition coefficient (Wildman–Crippen LogP) is 5.86. The molecule has 6 heteroatoms. The maximum absolute atomic E-state index is 6.19. The number of halogens is 2. The van der Waals surface area contributed by atoms with Crippen LogP contribution in [0.2, 0.25) is 10.0 Å². The number of morpholine rings is 1. The lowest BCUT2D eigenvalue weighted by Crippen LogP contribution is -2.36. The molecule has 1 saturated heterocycles. The zero-order chi connectivity index (χ0) is 20.8. The van der Waals surface area contributed by atoms with Crippen LogP contribution in [0.25, 0.3) is 6.08 Å². The molecule has 1 aliphatic heterocycles. The Hall–Kier alpha value is -2.40. The highest BCUT2D eigenvalue weighted by Crippen LogP contribution is 2.35. The number of benzene rings is 2. The zero-order valence-electron chi connectivity index (χ0n) is 16.6. The minimum Gasteiger partial charge on any atom is -0.378 e. The van der Waals surface area contributed by atoms with Crippen LogP contribution in [-0.2, 0) is 4.74 Å². The third kappa shape index (κ3) is 5.20. The molecule has 4 rings (SSSR count). The number of rotatable bonds is 5. The van der Waals surface area contributed by atoms with Gasteiger partial charge in [0, 0.05) is 29.4 Å². The molecule has 0 unspecified atom stereocenters. The van der Waals surface area contributed by atoms with Gasteiger partial charge in [0.05, 0.1) is 30.7 Å². The van der Waals surface area contributed by atoms with Gasteiger partial charge in [-0.05, 0) is 47.8 Å². The minimum absolute atomic E-state index is 0.559. The molecule has 0 spiro atoms. The summed E-state index contributed by atoms with van der Waals surface area (Å²) in [5.74, 6) is 0. The van der Waals surface area contributed by atoms with E-state index in [1.54, 1.807) is 18.3 Å². The van der Waals surface area contributed by atoms with Crippen LogP contribution in [0.1, 0.15) is 24.0 Å². The molecule has 2 aromatic rings. The average Bonchev–Trinajstić information content (AvgIpc) is 3.16. The standard InChI is InChI=1S/C24H23Cl2N3O/c25-22-9-8-20(23(26)15-22)16-27-28-17-21-7-6-19(14-18-4-2-1-3-5-18)24(21)29-10-12-30-13-11-29/h1-5,8-9,14-17H,6-7,10-13H2/b19-14-,27-16+,28-17+. The second kappa shape index (κ2) is 10.1. The first-order chi connectivity index (χ1) is 14.7. The highest BCUT2D eigenvalue weighted by molar-refractivity contribution is 6.36. The molecule has 0 bridgehead atoms. The SMILES string of the molecule is Clc1ccc(/C=N/N=C/C2=C(N3CCOCC3)C(=C\c3ccccc3)/CC2)c(Cl)c1. The van der Waals surface area contributed by atoms with Gasteiger partial charge in [0.1, 0.15) is 0 Å². The van der Waals surface area contributed by atoms with Gasteiger partial charge >= 0.3 is 0 Å². The van der Waals surface area contributed by atoms with E-state index in [4.69, 9.17) is 27.9 Å². The van der Waals surface area contributed by atoms with Gasteiger partial charge in [-0.25, -0.2) is 0 Å². The van der Waals surface area contributed by atoms with E-state index in [1.807, 2.05) is 18.3 Å². The molecule has 1 fully saturated rings. The van der Waals surface area contributed by atoms with E-state index in [-0.39, 0.29) is 0 Å². The molecule has 2 aliphatic rings. The van der Waals surface area contributed by atoms with Crippen LogP contribution in [0.4, 0.5) is 0 Å². The molecule has 0 aromatic heterocycles. The van der Waals surface area contributed by atoms with E-state index >= 15 is 0 Å². The van der Waals surface area contributed by atoms with E-state index in [1.165, 1.54) is 22.4 Å². The van der Waals surface area contributed by atoms with Gasteiger partial charge in [-0.1, -0.05) is 59.6 Å². The Morgan fingerprint density at radius 3 is 2.43 bits per heavy atom. The van der Waals surface area contributed by atoms with Crippen molar-refractivity contribution >= 4 is 41.7 Å². The molecule has 0 N–H and O–H groups in total. The first kappa shape index (κ1) is 20.9. The summed E-state index contributed by atoms with van der Waals surface area (Å²) in [6, 6.07) is 15.8. The molecule has 154 valence electrons.